The van der Waals surface area contributed by atoms with Crippen LogP contribution in [0.4, 0.5) is 10.1 Å². The fourth-order valence-electron chi connectivity index (χ4n) is 1.70. The van der Waals surface area contributed by atoms with Crippen LogP contribution in [0.1, 0.15) is 5.56 Å². The standard InChI is InChI=1S/C15H16FNO2/c16-14-6-1-2-7-15(14)19-9-8-17-13-5-3-4-12(10-13)11-18/h1-7,10,17-18H,8-9,11H2. The minimum Gasteiger partial charge on any atom is -0.489 e. The number of para-hydroxylation sites is 1. The highest BCUT2D eigenvalue weighted by atomic mass is 19.1. The van der Waals surface area contributed by atoms with Gasteiger partial charge in [0.15, 0.2) is 11.6 Å². The molecule has 0 aliphatic heterocycles. The van der Waals surface area contributed by atoms with Crippen molar-refractivity contribution >= 4 is 5.69 Å². The molecule has 0 unspecified atom stereocenters. The predicted molar refractivity (Wildman–Crippen MR) is 72.7 cm³/mol. The Morgan fingerprint density at radius 2 is 1.95 bits per heavy atom. The van der Waals surface area contributed by atoms with Crippen molar-refractivity contribution in [2.75, 3.05) is 18.5 Å². The molecule has 0 amide bonds. The van der Waals surface area contributed by atoms with E-state index in [2.05, 4.69) is 5.32 Å². The Hall–Kier alpha value is -2.07. The van der Waals surface area contributed by atoms with Crippen LogP contribution >= 0.6 is 0 Å². The van der Waals surface area contributed by atoms with Gasteiger partial charge in [0.1, 0.15) is 6.61 Å². The second-order valence-corrected chi connectivity index (χ2v) is 4.06. The monoisotopic (exact) mass is 261 g/mol. The molecule has 3 nitrogen and oxygen atoms in total. The molecular formula is C15H16FNO2. The van der Waals surface area contributed by atoms with Crippen LogP contribution in [0.25, 0.3) is 0 Å². The third kappa shape index (κ3) is 3.96. The molecule has 0 saturated heterocycles. The van der Waals surface area contributed by atoms with Gasteiger partial charge in [-0.25, -0.2) is 4.39 Å². The van der Waals surface area contributed by atoms with Gasteiger partial charge in [-0.2, -0.15) is 0 Å². The second-order valence-electron chi connectivity index (χ2n) is 4.06. The van der Waals surface area contributed by atoms with Crippen molar-refractivity contribution < 1.29 is 14.2 Å². The van der Waals surface area contributed by atoms with Gasteiger partial charge >= 0.3 is 0 Å². The minimum absolute atomic E-state index is 0.0151. The van der Waals surface area contributed by atoms with Crippen molar-refractivity contribution in [3.63, 3.8) is 0 Å². The highest BCUT2D eigenvalue weighted by Gasteiger charge is 2.00. The highest BCUT2D eigenvalue weighted by Crippen LogP contribution is 2.15. The van der Waals surface area contributed by atoms with Gasteiger partial charge in [0.2, 0.25) is 0 Å². The van der Waals surface area contributed by atoms with Crippen LogP contribution in [0.3, 0.4) is 0 Å². The van der Waals surface area contributed by atoms with Crippen molar-refractivity contribution in [2.45, 2.75) is 6.61 Å². The molecule has 0 bridgehead atoms. The normalized spacial score (nSPS) is 10.2. The maximum absolute atomic E-state index is 13.3. The van der Waals surface area contributed by atoms with Gasteiger partial charge < -0.3 is 15.2 Å². The molecule has 0 aliphatic rings. The molecule has 100 valence electrons. The second kappa shape index (κ2) is 6.75. The quantitative estimate of drug-likeness (QED) is 0.786. The molecule has 19 heavy (non-hydrogen) atoms. The Morgan fingerprint density at radius 3 is 2.74 bits per heavy atom. The molecule has 2 aromatic carbocycles. The first kappa shape index (κ1) is 13.4. The van der Waals surface area contributed by atoms with E-state index in [9.17, 15) is 4.39 Å². The SMILES string of the molecule is OCc1cccc(NCCOc2ccccc2F)c1. The van der Waals surface area contributed by atoms with Gasteiger partial charge in [-0.3, -0.25) is 0 Å². The summed E-state index contributed by atoms with van der Waals surface area (Å²) in [7, 11) is 0. The number of hydrogen-bond donors (Lipinski definition) is 2. The van der Waals surface area contributed by atoms with E-state index in [1.165, 1.54) is 6.07 Å². The molecule has 0 fully saturated rings. The highest BCUT2D eigenvalue weighted by molar-refractivity contribution is 5.45. The van der Waals surface area contributed by atoms with E-state index in [0.717, 1.165) is 11.3 Å². The Balaban J connectivity index is 1.79. The first-order chi connectivity index (χ1) is 9.29. The summed E-state index contributed by atoms with van der Waals surface area (Å²) in [6.07, 6.45) is 0. The lowest BCUT2D eigenvalue weighted by Crippen LogP contribution is -2.12. The van der Waals surface area contributed by atoms with Crippen molar-refractivity contribution in [3.05, 3.63) is 59.9 Å². The largest absolute Gasteiger partial charge is 0.489 e. The number of anilines is 1. The van der Waals surface area contributed by atoms with Crippen LogP contribution in [0.15, 0.2) is 48.5 Å². The molecule has 4 heteroatoms. The summed E-state index contributed by atoms with van der Waals surface area (Å²) in [6.45, 7) is 0.939. The first-order valence-electron chi connectivity index (χ1n) is 6.10. The number of rotatable bonds is 6. The van der Waals surface area contributed by atoms with E-state index in [-0.39, 0.29) is 18.2 Å². The summed E-state index contributed by atoms with van der Waals surface area (Å²) in [5.41, 5.74) is 1.75. The summed E-state index contributed by atoms with van der Waals surface area (Å²) in [6, 6.07) is 13.8. The summed E-state index contributed by atoms with van der Waals surface area (Å²) >= 11 is 0. The van der Waals surface area contributed by atoms with E-state index in [1.54, 1.807) is 18.2 Å². The number of benzene rings is 2. The zero-order valence-electron chi connectivity index (χ0n) is 10.5. The average molecular weight is 261 g/mol. The number of aliphatic hydroxyl groups excluding tert-OH is 1. The van der Waals surface area contributed by atoms with Crippen LogP contribution in [0.2, 0.25) is 0 Å². The third-order valence-electron chi connectivity index (χ3n) is 2.63. The number of hydrogen-bond acceptors (Lipinski definition) is 3. The first-order valence-corrected chi connectivity index (χ1v) is 6.10. The maximum Gasteiger partial charge on any atom is 0.165 e. The van der Waals surface area contributed by atoms with Gasteiger partial charge in [-0.1, -0.05) is 24.3 Å². The molecule has 2 aromatic rings. The summed E-state index contributed by atoms with van der Waals surface area (Å²) in [4.78, 5) is 0. The molecule has 0 radical (unpaired) electrons. The predicted octanol–water partition coefficient (Wildman–Crippen LogP) is 2.81. The number of nitrogens with one attached hydrogen (secondary N) is 1. The molecule has 0 spiro atoms. The fourth-order valence-corrected chi connectivity index (χ4v) is 1.70. The van der Waals surface area contributed by atoms with E-state index in [1.807, 2.05) is 24.3 Å². The topological polar surface area (TPSA) is 41.5 Å². The van der Waals surface area contributed by atoms with Crippen LogP contribution < -0.4 is 10.1 Å². The molecule has 0 aliphatic carbocycles. The molecule has 2 rings (SSSR count). The zero-order chi connectivity index (χ0) is 13.5. The zero-order valence-corrected chi connectivity index (χ0v) is 10.5. The van der Waals surface area contributed by atoms with Gasteiger partial charge in [0.25, 0.3) is 0 Å². The number of aliphatic hydroxyl groups is 1. The van der Waals surface area contributed by atoms with Crippen LogP contribution in [-0.2, 0) is 6.61 Å². The van der Waals surface area contributed by atoms with E-state index < -0.39 is 0 Å². The molecular weight excluding hydrogens is 245 g/mol. The Labute approximate surface area is 111 Å². The van der Waals surface area contributed by atoms with E-state index in [4.69, 9.17) is 9.84 Å². The van der Waals surface area contributed by atoms with Gasteiger partial charge in [-0.15, -0.1) is 0 Å². The molecule has 0 heterocycles. The fraction of sp³-hybridized carbons (Fsp3) is 0.200. The van der Waals surface area contributed by atoms with Crippen molar-refractivity contribution in [1.29, 1.82) is 0 Å². The smallest absolute Gasteiger partial charge is 0.165 e. The van der Waals surface area contributed by atoms with E-state index >= 15 is 0 Å². The molecule has 0 aromatic heterocycles. The van der Waals surface area contributed by atoms with E-state index in [0.29, 0.717) is 13.2 Å². The average Bonchev–Trinajstić information content (AvgIpc) is 2.45. The maximum atomic E-state index is 13.3. The molecule has 0 saturated carbocycles. The summed E-state index contributed by atoms with van der Waals surface area (Å²) in [5.74, 6) is -0.0989. The van der Waals surface area contributed by atoms with Gasteiger partial charge in [0, 0.05) is 12.2 Å². The number of ether oxygens (including phenoxy) is 1. The lowest BCUT2D eigenvalue weighted by atomic mass is 10.2. The lowest BCUT2D eigenvalue weighted by Gasteiger charge is -2.09. The summed E-state index contributed by atoms with van der Waals surface area (Å²) in [5, 5.41) is 12.2. The van der Waals surface area contributed by atoms with Crippen molar-refractivity contribution in [1.82, 2.24) is 0 Å². The van der Waals surface area contributed by atoms with Crippen LogP contribution in [-0.4, -0.2) is 18.3 Å². The Bertz CT molecular complexity index is 531. The van der Waals surface area contributed by atoms with Crippen LogP contribution in [0, 0.1) is 5.82 Å². The van der Waals surface area contributed by atoms with Crippen LogP contribution in [0.5, 0.6) is 5.75 Å². The van der Waals surface area contributed by atoms with Gasteiger partial charge in [-0.05, 0) is 29.8 Å². The summed E-state index contributed by atoms with van der Waals surface area (Å²) < 4.78 is 18.6. The molecule has 2 N–H and O–H groups in total. The minimum atomic E-state index is -0.357. The third-order valence-corrected chi connectivity index (χ3v) is 2.63. The Morgan fingerprint density at radius 1 is 1.11 bits per heavy atom. The molecule has 0 atom stereocenters. The van der Waals surface area contributed by atoms with Crippen molar-refractivity contribution in [2.24, 2.45) is 0 Å². The Kier molecular flexibility index (Phi) is 4.75. The number of halogens is 1. The van der Waals surface area contributed by atoms with Gasteiger partial charge in [0.05, 0.1) is 6.61 Å². The lowest BCUT2D eigenvalue weighted by molar-refractivity contribution is 0.282. The van der Waals surface area contributed by atoms with Crippen molar-refractivity contribution in [3.8, 4) is 5.75 Å².